The Hall–Kier alpha value is -2.84. The first-order valence-electron chi connectivity index (χ1n) is 8.90. The second-order valence-corrected chi connectivity index (χ2v) is 7.49. The molecule has 0 saturated heterocycles. The van der Waals surface area contributed by atoms with Crippen molar-refractivity contribution in [2.24, 2.45) is 0 Å². The van der Waals surface area contributed by atoms with Crippen LogP contribution < -0.4 is 10.3 Å². The molecule has 9 heteroatoms. The third kappa shape index (κ3) is 3.86. The van der Waals surface area contributed by atoms with E-state index in [1.807, 2.05) is 25.1 Å². The van der Waals surface area contributed by atoms with Crippen molar-refractivity contribution < 1.29 is 9.26 Å². The average Bonchev–Trinajstić information content (AvgIpc) is 3.20. The molecule has 148 valence electrons. The van der Waals surface area contributed by atoms with Crippen LogP contribution in [0.3, 0.4) is 0 Å². The van der Waals surface area contributed by atoms with Gasteiger partial charge in [0.25, 0.3) is 5.56 Å². The predicted molar refractivity (Wildman–Crippen MR) is 112 cm³/mol. The lowest BCUT2D eigenvalue weighted by Crippen LogP contribution is -2.22. The fourth-order valence-electron chi connectivity index (χ4n) is 2.88. The summed E-state index contributed by atoms with van der Waals surface area (Å²) in [5.74, 6) is 2.08. The van der Waals surface area contributed by atoms with E-state index in [-0.39, 0.29) is 5.56 Å². The standard InChI is InChI=1S/C20H17ClN4O3S/c1-3-18-23-17(24-28-18)11-29-20-22-14-10-12(21)8-9-13(14)19(26)25(20)15-6-4-5-7-16(15)27-2/h4-10H,3,11H2,1-2H3. The minimum Gasteiger partial charge on any atom is -0.495 e. The van der Waals surface area contributed by atoms with Crippen molar-refractivity contribution in [3.05, 3.63) is 69.6 Å². The molecule has 0 amide bonds. The van der Waals surface area contributed by atoms with E-state index < -0.39 is 0 Å². The summed E-state index contributed by atoms with van der Waals surface area (Å²) < 4.78 is 12.2. The summed E-state index contributed by atoms with van der Waals surface area (Å²) in [4.78, 5) is 22.4. The molecular formula is C20H17ClN4O3S. The number of methoxy groups -OCH3 is 1. The van der Waals surface area contributed by atoms with Gasteiger partial charge in [-0.15, -0.1) is 0 Å². The van der Waals surface area contributed by atoms with E-state index in [0.29, 0.717) is 56.4 Å². The maximum absolute atomic E-state index is 13.4. The zero-order valence-electron chi connectivity index (χ0n) is 15.8. The van der Waals surface area contributed by atoms with Gasteiger partial charge in [0.15, 0.2) is 11.0 Å². The number of aromatic nitrogens is 4. The largest absolute Gasteiger partial charge is 0.495 e. The Kier molecular flexibility index (Phi) is 5.55. The summed E-state index contributed by atoms with van der Waals surface area (Å²) in [6.45, 7) is 1.94. The van der Waals surface area contributed by atoms with E-state index in [1.165, 1.54) is 11.8 Å². The van der Waals surface area contributed by atoms with E-state index in [1.54, 1.807) is 35.9 Å². The third-order valence-corrected chi connectivity index (χ3v) is 5.44. The molecule has 0 spiro atoms. The first kappa shape index (κ1) is 19.5. The monoisotopic (exact) mass is 428 g/mol. The van der Waals surface area contributed by atoms with Gasteiger partial charge < -0.3 is 9.26 Å². The maximum Gasteiger partial charge on any atom is 0.266 e. The molecule has 0 aliphatic carbocycles. The van der Waals surface area contributed by atoms with Crippen molar-refractivity contribution in [3.8, 4) is 11.4 Å². The van der Waals surface area contributed by atoms with E-state index in [2.05, 4.69) is 10.1 Å². The second-order valence-electron chi connectivity index (χ2n) is 6.11. The Bertz CT molecular complexity index is 1240. The van der Waals surface area contributed by atoms with Gasteiger partial charge in [-0.25, -0.2) is 4.98 Å². The summed E-state index contributed by atoms with van der Waals surface area (Å²) in [6, 6.07) is 12.3. The molecule has 2 aromatic heterocycles. The van der Waals surface area contributed by atoms with Crippen LogP contribution in [0.4, 0.5) is 0 Å². The summed E-state index contributed by atoms with van der Waals surface area (Å²) in [5.41, 5.74) is 0.925. The highest BCUT2D eigenvalue weighted by Crippen LogP contribution is 2.29. The van der Waals surface area contributed by atoms with Crippen molar-refractivity contribution in [3.63, 3.8) is 0 Å². The van der Waals surface area contributed by atoms with Crippen LogP contribution in [0.15, 0.2) is 56.9 Å². The number of rotatable bonds is 6. The van der Waals surface area contributed by atoms with Gasteiger partial charge in [-0.2, -0.15) is 4.98 Å². The van der Waals surface area contributed by atoms with Crippen LogP contribution in [0.2, 0.25) is 5.02 Å². The lowest BCUT2D eigenvalue weighted by molar-refractivity contribution is 0.378. The zero-order chi connectivity index (χ0) is 20.4. The molecule has 0 radical (unpaired) electrons. The Morgan fingerprint density at radius 3 is 2.79 bits per heavy atom. The molecule has 2 heterocycles. The second kappa shape index (κ2) is 8.26. The molecule has 0 saturated carbocycles. The number of halogens is 1. The molecule has 4 aromatic rings. The number of hydrogen-bond donors (Lipinski definition) is 0. The number of nitrogens with zero attached hydrogens (tertiary/aromatic N) is 4. The number of fused-ring (bicyclic) bond motifs is 1. The fraction of sp³-hybridized carbons (Fsp3) is 0.200. The third-order valence-electron chi connectivity index (χ3n) is 4.27. The number of aryl methyl sites for hydroxylation is 1. The summed E-state index contributed by atoms with van der Waals surface area (Å²) in [5, 5.41) is 5.44. The van der Waals surface area contributed by atoms with Gasteiger partial charge in [0.1, 0.15) is 5.75 Å². The predicted octanol–water partition coefficient (Wildman–Crippen LogP) is 4.29. The molecular weight excluding hydrogens is 412 g/mol. The Labute approximate surface area is 175 Å². The van der Waals surface area contributed by atoms with Crippen LogP contribution >= 0.6 is 23.4 Å². The van der Waals surface area contributed by atoms with Crippen molar-refractivity contribution in [2.45, 2.75) is 24.3 Å². The number of para-hydroxylation sites is 2. The summed E-state index contributed by atoms with van der Waals surface area (Å²) in [7, 11) is 1.57. The molecule has 0 aliphatic heterocycles. The topological polar surface area (TPSA) is 83.0 Å². The van der Waals surface area contributed by atoms with Crippen molar-refractivity contribution in [1.82, 2.24) is 19.7 Å². The SMILES string of the molecule is CCc1nc(CSc2nc3cc(Cl)ccc3c(=O)n2-c2ccccc2OC)no1. The molecule has 0 bridgehead atoms. The van der Waals surface area contributed by atoms with Crippen LogP contribution in [0, 0.1) is 0 Å². The van der Waals surface area contributed by atoms with E-state index >= 15 is 0 Å². The Morgan fingerprint density at radius 1 is 1.21 bits per heavy atom. The number of ether oxygens (including phenoxy) is 1. The highest BCUT2D eigenvalue weighted by molar-refractivity contribution is 7.98. The van der Waals surface area contributed by atoms with Gasteiger partial charge in [-0.05, 0) is 30.3 Å². The minimum atomic E-state index is -0.207. The summed E-state index contributed by atoms with van der Waals surface area (Å²) in [6.07, 6.45) is 0.663. The number of benzene rings is 2. The van der Waals surface area contributed by atoms with Gasteiger partial charge in [-0.3, -0.25) is 9.36 Å². The number of hydrogen-bond acceptors (Lipinski definition) is 7. The Morgan fingerprint density at radius 2 is 2.03 bits per heavy atom. The lowest BCUT2D eigenvalue weighted by atomic mass is 10.2. The van der Waals surface area contributed by atoms with Gasteiger partial charge in [-0.1, -0.05) is 47.6 Å². The van der Waals surface area contributed by atoms with Crippen LogP contribution in [0.25, 0.3) is 16.6 Å². The van der Waals surface area contributed by atoms with Crippen molar-refractivity contribution in [1.29, 1.82) is 0 Å². The van der Waals surface area contributed by atoms with Crippen LogP contribution in [-0.2, 0) is 12.2 Å². The molecule has 0 N–H and O–H groups in total. The highest BCUT2D eigenvalue weighted by Gasteiger charge is 2.17. The van der Waals surface area contributed by atoms with E-state index in [0.717, 1.165) is 0 Å². The molecule has 0 unspecified atom stereocenters. The van der Waals surface area contributed by atoms with Crippen LogP contribution in [0.5, 0.6) is 5.75 Å². The van der Waals surface area contributed by atoms with Gasteiger partial charge in [0.2, 0.25) is 5.89 Å². The fourth-order valence-corrected chi connectivity index (χ4v) is 3.90. The Balaban J connectivity index is 1.87. The molecule has 7 nitrogen and oxygen atoms in total. The van der Waals surface area contributed by atoms with Crippen molar-refractivity contribution in [2.75, 3.05) is 7.11 Å². The van der Waals surface area contributed by atoms with Gasteiger partial charge >= 0.3 is 0 Å². The molecule has 0 fully saturated rings. The van der Waals surface area contributed by atoms with Gasteiger partial charge in [0, 0.05) is 11.4 Å². The zero-order valence-corrected chi connectivity index (χ0v) is 17.3. The summed E-state index contributed by atoms with van der Waals surface area (Å²) >= 11 is 7.45. The normalized spacial score (nSPS) is 11.1. The van der Waals surface area contributed by atoms with Crippen LogP contribution in [-0.4, -0.2) is 26.8 Å². The smallest absolute Gasteiger partial charge is 0.266 e. The highest BCUT2D eigenvalue weighted by atomic mass is 35.5. The van der Waals surface area contributed by atoms with E-state index in [4.69, 9.17) is 25.8 Å². The molecule has 2 aromatic carbocycles. The van der Waals surface area contributed by atoms with Gasteiger partial charge in [0.05, 0.1) is 29.5 Å². The molecule has 4 rings (SSSR count). The van der Waals surface area contributed by atoms with Crippen molar-refractivity contribution >= 4 is 34.3 Å². The first-order valence-corrected chi connectivity index (χ1v) is 10.3. The average molecular weight is 429 g/mol. The maximum atomic E-state index is 13.4. The molecule has 29 heavy (non-hydrogen) atoms. The number of thioether (sulfide) groups is 1. The quantitative estimate of drug-likeness (QED) is 0.334. The van der Waals surface area contributed by atoms with E-state index in [9.17, 15) is 4.79 Å². The minimum absolute atomic E-state index is 0.207. The molecule has 0 aliphatic rings. The molecule has 0 atom stereocenters. The van der Waals surface area contributed by atoms with Crippen LogP contribution in [0.1, 0.15) is 18.6 Å². The first-order chi connectivity index (χ1) is 14.1. The lowest BCUT2D eigenvalue weighted by Gasteiger charge is -2.15.